The molecule has 1 heterocycles. The van der Waals surface area contributed by atoms with Crippen LogP contribution in [0, 0.1) is 11.3 Å². The molecule has 1 saturated heterocycles. The molecule has 0 saturated carbocycles. The van der Waals surface area contributed by atoms with E-state index in [0.29, 0.717) is 13.0 Å². The molecule has 90 valence electrons. The van der Waals surface area contributed by atoms with Crippen molar-refractivity contribution in [1.82, 2.24) is 4.90 Å². The first-order chi connectivity index (χ1) is 8.12. The summed E-state index contributed by atoms with van der Waals surface area (Å²) in [4.78, 5) is 2.21. The summed E-state index contributed by atoms with van der Waals surface area (Å²) in [6.07, 6.45) is 1.25. The highest BCUT2D eigenvalue weighted by atomic mass is 16.3. The minimum absolute atomic E-state index is 0.107. The summed E-state index contributed by atoms with van der Waals surface area (Å²) in [6, 6.07) is 12.4. The Labute approximate surface area is 102 Å². The van der Waals surface area contributed by atoms with Crippen molar-refractivity contribution in [2.24, 2.45) is 0 Å². The quantitative estimate of drug-likeness (QED) is 0.865. The van der Waals surface area contributed by atoms with Gasteiger partial charge in [-0.1, -0.05) is 30.3 Å². The molecule has 2 rings (SSSR count). The van der Waals surface area contributed by atoms with Crippen molar-refractivity contribution in [2.75, 3.05) is 13.1 Å². The molecule has 1 aromatic rings. The highest BCUT2D eigenvalue weighted by molar-refractivity contribution is 5.20. The highest BCUT2D eigenvalue weighted by Crippen LogP contribution is 2.31. The van der Waals surface area contributed by atoms with Crippen molar-refractivity contribution in [3.63, 3.8) is 0 Å². The van der Waals surface area contributed by atoms with Crippen molar-refractivity contribution < 1.29 is 5.11 Å². The fraction of sp³-hybridized carbons (Fsp3) is 0.500. The van der Waals surface area contributed by atoms with E-state index in [4.69, 9.17) is 5.26 Å². The second kappa shape index (κ2) is 4.87. The minimum atomic E-state index is -0.609. The third-order valence-electron chi connectivity index (χ3n) is 3.39. The van der Waals surface area contributed by atoms with Crippen LogP contribution in [0.3, 0.4) is 0 Å². The number of likely N-dealkylation sites (tertiary alicyclic amines) is 1. The standard InChI is InChI=1S/C14H18N2O/c1-14(17)8-10-16(11-14)13(7-9-15)12-5-3-2-4-6-12/h2-6,13,17H,7-8,10-11H2,1H3. The zero-order valence-electron chi connectivity index (χ0n) is 10.1. The molecule has 0 spiro atoms. The normalized spacial score (nSPS) is 26.6. The van der Waals surface area contributed by atoms with E-state index >= 15 is 0 Å². The number of benzene rings is 1. The van der Waals surface area contributed by atoms with Gasteiger partial charge in [0.15, 0.2) is 0 Å². The molecular formula is C14H18N2O. The Morgan fingerprint density at radius 3 is 2.71 bits per heavy atom. The van der Waals surface area contributed by atoms with Crippen molar-refractivity contribution in [3.05, 3.63) is 35.9 Å². The first-order valence-electron chi connectivity index (χ1n) is 6.01. The van der Waals surface area contributed by atoms with Crippen molar-refractivity contribution in [2.45, 2.75) is 31.4 Å². The van der Waals surface area contributed by atoms with E-state index in [-0.39, 0.29) is 6.04 Å². The van der Waals surface area contributed by atoms with Crippen LogP contribution in [0.25, 0.3) is 0 Å². The summed E-state index contributed by atoms with van der Waals surface area (Å²) in [7, 11) is 0. The smallest absolute Gasteiger partial charge is 0.0758 e. The summed E-state index contributed by atoms with van der Waals surface area (Å²) in [5, 5.41) is 19.0. The summed E-state index contributed by atoms with van der Waals surface area (Å²) >= 11 is 0. The highest BCUT2D eigenvalue weighted by Gasteiger charge is 2.35. The van der Waals surface area contributed by atoms with E-state index in [1.165, 1.54) is 0 Å². The van der Waals surface area contributed by atoms with Gasteiger partial charge in [0.05, 0.1) is 18.1 Å². The summed E-state index contributed by atoms with van der Waals surface area (Å²) in [5.74, 6) is 0. The van der Waals surface area contributed by atoms with Gasteiger partial charge in [-0.3, -0.25) is 4.90 Å². The second-order valence-corrected chi connectivity index (χ2v) is 5.01. The zero-order chi connectivity index (χ0) is 12.3. The average Bonchev–Trinajstić information content (AvgIpc) is 2.67. The number of β-amino-alcohol motifs (C(OH)–C–C–N with tert-alkyl or cyclic N) is 1. The van der Waals surface area contributed by atoms with Crippen molar-refractivity contribution >= 4 is 0 Å². The maximum absolute atomic E-state index is 10.0. The molecule has 1 aromatic carbocycles. The second-order valence-electron chi connectivity index (χ2n) is 5.01. The SMILES string of the molecule is CC1(O)CCN(C(CC#N)c2ccccc2)C1. The van der Waals surface area contributed by atoms with E-state index < -0.39 is 5.60 Å². The van der Waals surface area contributed by atoms with Crippen molar-refractivity contribution in [1.29, 1.82) is 5.26 Å². The van der Waals surface area contributed by atoms with Crippen LogP contribution >= 0.6 is 0 Å². The molecule has 2 atom stereocenters. The molecule has 0 radical (unpaired) electrons. The predicted molar refractivity (Wildman–Crippen MR) is 66.2 cm³/mol. The number of aliphatic hydroxyl groups is 1. The molecule has 17 heavy (non-hydrogen) atoms. The monoisotopic (exact) mass is 230 g/mol. The number of hydrogen-bond donors (Lipinski definition) is 1. The zero-order valence-corrected chi connectivity index (χ0v) is 10.1. The lowest BCUT2D eigenvalue weighted by Crippen LogP contribution is -2.32. The Hall–Kier alpha value is -1.37. The number of nitrogens with zero attached hydrogens (tertiary/aromatic N) is 2. The van der Waals surface area contributed by atoms with Crippen LogP contribution in [0.5, 0.6) is 0 Å². The van der Waals surface area contributed by atoms with E-state index in [2.05, 4.69) is 23.1 Å². The summed E-state index contributed by atoms with van der Waals surface area (Å²) < 4.78 is 0. The van der Waals surface area contributed by atoms with Gasteiger partial charge >= 0.3 is 0 Å². The maximum Gasteiger partial charge on any atom is 0.0758 e. The van der Waals surface area contributed by atoms with Crippen LogP contribution in [0.2, 0.25) is 0 Å². The molecule has 1 fully saturated rings. The molecule has 3 heteroatoms. The first-order valence-corrected chi connectivity index (χ1v) is 6.01. The lowest BCUT2D eigenvalue weighted by molar-refractivity contribution is 0.0623. The van der Waals surface area contributed by atoms with Gasteiger partial charge in [0, 0.05) is 19.1 Å². The van der Waals surface area contributed by atoms with Gasteiger partial charge in [-0.05, 0) is 18.9 Å². The molecule has 1 N–H and O–H groups in total. The van der Waals surface area contributed by atoms with Gasteiger partial charge < -0.3 is 5.11 Å². The van der Waals surface area contributed by atoms with Gasteiger partial charge in [0.1, 0.15) is 0 Å². The minimum Gasteiger partial charge on any atom is -0.389 e. The average molecular weight is 230 g/mol. The lowest BCUT2D eigenvalue weighted by atomic mass is 10.0. The Balaban J connectivity index is 2.17. The van der Waals surface area contributed by atoms with Gasteiger partial charge in [0.2, 0.25) is 0 Å². The summed E-state index contributed by atoms with van der Waals surface area (Å²) in [6.45, 7) is 3.36. The van der Waals surface area contributed by atoms with Gasteiger partial charge in [-0.2, -0.15) is 5.26 Å². The Bertz CT molecular complexity index is 408. The molecule has 1 aliphatic heterocycles. The molecule has 0 aliphatic carbocycles. The fourth-order valence-corrected chi connectivity index (χ4v) is 2.47. The maximum atomic E-state index is 10.0. The number of rotatable bonds is 3. The third kappa shape index (κ3) is 2.85. The van der Waals surface area contributed by atoms with Crippen LogP contribution in [0.15, 0.2) is 30.3 Å². The Morgan fingerprint density at radius 2 is 2.18 bits per heavy atom. The van der Waals surface area contributed by atoms with Gasteiger partial charge in [-0.15, -0.1) is 0 Å². The lowest BCUT2D eigenvalue weighted by Gasteiger charge is -2.27. The summed E-state index contributed by atoms with van der Waals surface area (Å²) in [5.41, 5.74) is 0.550. The van der Waals surface area contributed by atoms with Crippen LogP contribution in [-0.2, 0) is 0 Å². The molecular weight excluding hydrogens is 212 g/mol. The predicted octanol–water partition coefficient (Wildman–Crippen LogP) is 2.10. The topological polar surface area (TPSA) is 47.3 Å². The largest absolute Gasteiger partial charge is 0.389 e. The van der Waals surface area contributed by atoms with E-state index in [1.54, 1.807) is 0 Å². The van der Waals surface area contributed by atoms with Gasteiger partial charge in [0.25, 0.3) is 0 Å². The van der Waals surface area contributed by atoms with Crippen molar-refractivity contribution in [3.8, 4) is 6.07 Å². The molecule has 0 bridgehead atoms. The fourth-order valence-electron chi connectivity index (χ4n) is 2.47. The van der Waals surface area contributed by atoms with E-state index in [0.717, 1.165) is 18.5 Å². The Morgan fingerprint density at radius 1 is 1.47 bits per heavy atom. The number of nitriles is 1. The Kier molecular flexibility index (Phi) is 3.46. The van der Waals surface area contributed by atoms with Crippen LogP contribution in [0.4, 0.5) is 0 Å². The van der Waals surface area contributed by atoms with E-state index in [1.807, 2.05) is 25.1 Å². The molecule has 1 aliphatic rings. The van der Waals surface area contributed by atoms with Crippen LogP contribution < -0.4 is 0 Å². The molecule has 3 nitrogen and oxygen atoms in total. The first kappa shape index (κ1) is 12.1. The molecule has 0 amide bonds. The molecule has 0 aromatic heterocycles. The van der Waals surface area contributed by atoms with Crippen LogP contribution in [-0.4, -0.2) is 28.7 Å². The van der Waals surface area contributed by atoms with Gasteiger partial charge in [-0.25, -0.2) is 0 Å². The third-order valence-corrected chi connectivity index (χ3v) is 3.39. The number of hydrogen-bond acceptors (Lipinski definition) is 3. The van der Waals surface area contributed by atoms with E-state index in [9.17, 15) is 5.11 Å². The van der Waals surface area contributed by atoms with Crippen LogP contribution in [0.1, 0.15) is 31.4 Å². The molecule has 2 unspecified atom stereocenters.